The number of hydrogen-bond acceptors (Lipinski definition) is 5. The van der Waals surface area contributed by atoms with E-state index in [-0.39, 0.29) is 5.91 Å². The van der Waals surface area contributed by atoms with Crippen LogP contribution in [0.3, 0.4) is 0 Å². The predicted octanol–water partition coefficient (Wildman–Crippen LogP) is 3.88. The van der Waals surface area contributed by atoms with Crippen LogP contribution >= 0.6 is 11.8 Å². The average Bonchev–Trinajstić information content (AvgIpc) is 3.10. The molecule has 0 aromatic heterocycles. The van der Waals surface area contributed by atoms with Crippen molar-refractivity contribution < 1.29 is 14.3 Å². The van der Waals surface area contributed by atoms with Gasteiger partial charge in [-0.3, -0.25) is 4.79 Å². The fraction of sp³-hybridized carbons (Fsp3) is 0.273. The van der Waals surface area contributed by atoms with Crippen molar-refractivity contribution in [2.75, 3.05) is 26.3 Å². The van der Waals surface area contributed by atoms with E-state index in [1.54, 1.807) is 0 Å². The summed E-state index contributed by atoms with van der Waals surface area (Å²) in [7, 11) is 0. The van der Waals surface area contributed by atoms with Crippen molar-refractivity contribution in [3.63, 3.8) is 0 Å². The maximum absolute atomic E-state index is 12.2. The molecule has 144 valence electrons. The van der Waals surface area contributed by atoms with Crippen molar-refractivity contribution in [3.8, 4) is 5.75 Å². The van der Waals surface area contributed by atoms with E-state index in [2.05, 4.69) is 41.1 Å². The van der Waals surface area contributed by atoms with Gasteiger partial charge in [0, 0.05) is 13.1 Å². The molecule has 1 amide bonds. The second kappa shape index (κ2) is 8.63. The van der Waals surface area contributed by atoms with Crippen molar-refractivity contribution in [1.29, 1.82) is 0 Å². The van der Waals surface area contributed by atoms with Crippen LogP contribution in [-0.2, 0) is 16.1 Å². The summed E-state index contributed by atoms with van der Waals surface area (Å²) >= 11 is 1.43. The minimum absolute atomic E-state index is 0.175. The average molecular weight is 394 g/mol. The van der Waals surface area contributed by atoms with Crippen molar-refractivity contribution in [1.82, 2.24) is 4.90 Å². The molecule has 2 aliphatic heterocycles. The van der Waals surface area contributed by atoms with Crippen LogP contribution in [-0.4, -0.2) is 42.3 Å². The number of nitrogens with zero attached hydrogens (tertiary/aromatic N) is 2. The third-order valence-corrected chi connectivity index (χ3v) is 5.64. The standard InChI is InChI=1S/C22H22N2O3S/c1-16-2-4-18(5-3-16)15-27-19-8-6-17(7-9-19)14-20-21(25)23-22(28-20)24-10-12-26-13-11-24/h2-9,14H,10-13,15H2,1H3/b20-14-. The number of benzene rings is 2. The highest BCUT2D eigenvalue weighted by Gasteiger charge is 2.27. The first-order valence-corrected chi connectivity index (χ1v) is 10.1. The number of aliphatic imine (C=N–C) groups is 1. The summed E-state index contributed by atoms with van der Waals surface area (Å²) in [5, 5.41) is 0.776. The molecule has 0 atom stereocenters. The highest BCUT2D eigenvalue weighted by molar-refractivity contribution is 8.18. The van der Waals surface area contributed by atoms with E-state index in [1.165, 1.54) is 17.3 Å². The Balaban J connectivity index is 1.36. The van der Waals surface area contributed by atoms with Crippen LogP contribution in [0.25, 0.3) is 6.08 Å². The first-order chi connectivity index (χ1) is 13.7. The molecule has 0 saturated carbocycles. The fourth-order valence-corrected chi connectivity index (χ4v) is 3.92. The molecule has 0 bridgehead atoms. The van der Waals surface area contributed by atoms with Gasteiger partial charge in [0.2, 0.25) is 0 Å². The number of carbonyl (C=O) groups excluding carboxylic acids is 1. The third-order valence-electron chi connectivity index (χ3n) is 4.59. The second-order valence-corrected chi connectivity index (χ2v) is 7.76. The van der Waals surface area contributed by atoms with Crippen LogP contribution in [0.2, 0.25) is 0 Å². The number of hydrogen-bond donors (Lipinski definition) is 0. The molecule has 5 nitrogen and oxygen atoms in total. The van der Waals surface area contributed by atoms with Crippen molar-refractivity contribution >= 4 is 28.9 Å². The quantitative estimate of drug-likeness (QED) is 0.737. The Hall–Kier alpha value is -2.57. The number of thioether (sulfide) groups is 1. The second-order valence-electron chi connectivity index (χ2n) is 6.75. The fourth-order valence-electron chi connectivity index (χ4n) is 2.95. The molecule has 2 aromatic carbocycles. The van der Waals surface area contributed by atoms with Crippen molar-refractivity contribution in [3.05, 3.63) is 70.1 Å². The van der Waals surface area contributed by atoms with Gasteiger partial charge in [0.1, 0.15) is 12.4 Å². The zero-order valence-corrected chi connectivity index (χ0v) is 16.6. The van der Waals surface area contributed by atoms with Gasteiger partial charge in [-0.1, -0.05) is 42.0 Å². The van der Waals surface area contributed by atoms with E-state index >= 15 is 0 Å². The zero-order chi connectivity index (χ0) is 19.3. The van der Waals surface area contributed by atoms with E-state index in [9.17, 15) is 4.79 Å². The van der Waals surface area contributed by atoms with Gasteiger partial charge >= 0.3 is 0 Å². The molecule has 0 spiro atoms. The maximum Gasteiger partial charge on any atom is 0.286 e. The van der Waals surface area contributed by atoms with Gasteiger partial charge in [-0.25, -0.2) is 0 Å². The number of amides is 1. The zero-order valence-electron chi connectivity index (χ0n) is 15.8. The number of aryl methyl sites for hydroxylation is 1. The molecule has 0 aliphatic carbocycles. The van der Waals surface area contributed by atoms with E-state index in [0.29, 0.717) is 24.7 Å². The smallest absolute Gasteiger partial charge is 0.286 e. The molecule has 0 unspecified atom stereocenters. The molecule has 28 heavy (non-hydrogen) atoms. The largest absolute Gasteiger partial charge is 0.489 e. The van der Waals surface area contributed by atoms with Crippen molar-refractivity contribution in [2.45, 2.75) is 13.5 Å². The van der Waals surface area contributed by atoms with Crippen LogP contribution in [0.5, 0.6) is 5.75 Å². The van der Waals surface area contributed by atoms with Crippen LogP contribution in [0.4, 0.5) is 0 Å². The monoisotopic (exact) mass is 394 g/mol. The first kappa shape index (κ1) is 18.8. The van der Waals surface area contributed by atoms with E-state index in [1.807, 2.05) is 30.3 Å². The van der Waals surface area contributed by atoms with Crippen LogP contribution in [0.15, 0.2) is 58.4 Å². The lowest BCUT2D eigenvalue weighted by Gasteiger charge is -2.27. The molecule has 0 N–H and O–H groups in total. The normalized spacial score (nSPS) is 18.5. The van der Waals surface area contributed by atoms with Gasteiger partial charge in [-0.2, -0.15) is 4.99 Å². The van der Waals surface area contributed by atoms with Gasteiger partial charge in [-0.05, 0) is 48.0 Å². The number of carbonyl (C=O) groups is 1. The van der Waals surface area contributed by atoms with E-state index in [4.69, 9.17) is 9.47 Å². The van der Waals surface area contributed by atoms with E-state index < -0.39 is 0 Å². The molecule has 1 saturated heterocycles. The minimum atomic E-state index is -0.175. The highest BCUT2D eigenvalue weighted by Crippen LogP contribution is 2.30. The summed E-state index contributed by atoms with van der Waals surface area (Å²) in [6, 6.07) is 16.1. The number of ether oxygens (including phenoxy) is 2. The Bertz CT molecular complexity index is 898. The molecular formula is C22H22N2O3S. The molecule has 4 rings (SSSR count). The summed E-state index contributed by atoms with van der Waals surface area (Å²) in [5.41, 5.74) is 3.33. The summed E-state index contributed by atoms with van der Waals surface area (Å²) in [6.07, 6.45) is 1.88. The van der Waals surface area contributed by atoms with E-state index in [0.717, 1.165) is 35.1 Å². The van der Waals surface area contributed by atoms with Gasteiger partial charge in [0.15, 0.2) is 5.17 Å². The predicted molar refractivity (Wildman–Crippen MR) is 112 cm³/mol. The lowest BCUT2D eigenvalue weighted by Crippen LogP contribution is -2.38. The first-order valence-electron chi connectivity index (χ1n) is 9.31. The number of rotatable bonds is 4. The molecule has 6 heteroatoms. The molecule has 2 heterocycles. The molecular weight excluding hydrogens is 372 g/mol. The summed E-state index contributed by atoms with van der Waals surface area (Å²) in [6.45, 7) is 5.51. The summed E-state index contributed by atoms with van der Waals surface area (Å²) in [4.78, 5) is 19.2. The Kier molecular flexibility index (Phi) is 5.78. The third kappa shape index (κ3) is 4.64. The number of amidine groups is 1. The molecule has 2 aromatic rings. The maximum atomic E-state index is 12.2. The molecule has 1 fully saturated rings. The Morgan fingerprint density at radius 1 is 1.11 bits per heavy atom. The van der Waals surface area contributed by atoms with Crippen LogP contribution < -0.4 is 4.74 Å². The lowest BCUT2D eigenvalue weighted by molar-refractivity contribution is -0.113. The van der Waals surface area contributed by atoms with Gasteiger partial charge < -0.3 is 14.4 Å². The molecule has 0 radical (unpaired) electrons. The highest BCUT2D eigenvalue weighted by atomic mass is 32.2. The van der Waals surface area contributed by atoms with Gasteiger partial charge in [0.25, 0.3) is 5.91 Å². The number of morpholine rings is 1. The molecule has 2 aliphatic rings. The summed E-state index contributed by atoms with van der Waals surface area (Å²) < 4.78 is 11.2. The van der Waals surface area contributed by atoms with Crippen LogP contribution in [0, 0.1) is 6.92 Å². The van der Waals surface area contributed by atoms with Gasteiger partial charge in [0.05, 0.1) is 18.1 Å². The summed E-state index contributed by atoms with van der Waals surface area (Å²) in [5.74, 6) is 0.629. The van der Waals surface area contributed by atoms with Crippen LogP contribution in [0.1, 0.15) is 16.7 Å². The van der Waals surface area contributed by atoms with Gasteiger partial charge in [-0.15, -0.1) is 0 Å². The Morgan fingerprint density at radius 3 is 2.54 bits per heavy atom. The lowest BCUT2D eigenvalue weighted by atomic mass is 10.1. The minimum Gasteiger partial charge on any atom is -0.489 e. The SMILES string of the molecule is Cc1ccc(COc2ccc(/C=C3\SC(N4CCOCC4)=NC3=O)cc2)cc1. The topological polar surface area (TPSA) is 51.1 Å². The Labute approximate surface area is 169 Å². The van der Waals surface area contributed by atoms with Crippen molar-refractivity contribution in [2.24, 2.45) is 4.99 Å². The Morgan fingerprint density at radius 2 is 1.82 bits per heavy atom.